The van der Waals surface area contributed by atoms with Crippen LogP contribution in [-0.4, -0.2) is 25.8 Å². The molecule has 2 aromatic heterocycles. The number of hydrogen-bond donors (Lipinski definition) is 1. The minimum absolute atomic E-state index is 0.0507. The van der Waals surface area contributed by atoms with Gasteiger partial charge in [0.1, 0.15) is 5.56 Å². The molecule has 0 aliphatic heterocycles. The van der Waals surface area contributed by atoms with Crippen molar-refractivity contribution >= 4 is 5.97 Å². The minimum atomic E-state index is -2.58. The molecule has 0 aliphatic carbocycles. The van der Waals surface area contributed by atoms with E-state index in [1.54, 1.807) is 6.92 Å². The predicted molar refractivity (Wildman–Crippen MR) is 58.0 cm³/mol. The van der Waals surface area contributed by atoms with E-state index in [2.05, 4.69) is 10.1 Å². The van der Waals surface area contributed by atoms with Crippen molar-refractivity contribution in [2.75, 3.05) is 0 Å². The maximum Gasteiger partial charge on any atom is 0.339 e. The van der Waals surface area contributed by atoms with Crippen LogP contribution in [0.3, 0.4) is 0 Å². The van der Waals surface area contributed by atoms with E-state index >= 15 is 0 Å². The molecule has 0 bridgehead atoms. The van der Waals surface area contributed by atoms with Gasteiger partial charge in [0.2, 0.25) is 0 Å². The number of rotatable bonds is 3. The van der Waals surface area contributed by atoms with Gasteiger partial charge in [-0.25, -0.2) is 23.2 Å². The van der Waals surface area contributed by atoms with E-state index in [-0.39, 0.29) is 11.1 Å². The van der Waals surface area contributed by atoms with Crippen molar-refractivity contribution in [3.05, 3.63) is 41.3 Å². The molecule has 94 valence electrons. The zero-order chi connectivity index (χ0) is 13.3. The SMILES string of the molecule is Cc1c(C(=O)O)cnn1-c1ccc(C(F)F)cn1. The Morgan fingerprint density at radius 3 is 2.56 bits per heavy atom. The summed E-state index contributed by atoms with van der Waals surface area (Å²) in [4.78, 5) is 14.7. The summed E-state index contributed by atoms with van der Waals surface area (Å²) in [5.41, 5.74) is 0.247. The van der Waals surface area contributed by atoms with Gasteiger partial charge < -0.3 is 5.11 Å². The van der Waals surface area contributed by atoms with Crippen molar-refractivity contribution in [3.8, 4) is 5.82 Å². The third-order valence-corrected chi connectivity index (χ3v) is 2.48. The van der Waals surface area contributed by atoms with Gasteiger partial charge in [0, 0.05) is 11.8 Å². The van der Waals surface area contributed by atoms with Crippen LogP contribution in [0, 0.1) is 6.92 Å². The molecule has 2 heterocycles. The lowest BCUT2D eigenvalue weighted by Gasteiger charge is -2.04. The van der Waals surface area contributed by atoms with Gasteiger partial charge in [-0.1, -0.05) is 0 Å². The van der Waals surface area contributed by atoms with Crippen LogP contribution in [0.5, 0.6) is 0 Å². The summed E-state index contributed by atoms with van der Waals surface area (Å²) >= 11 is 0. The van der Waals surface area contributed by atoms with E-state index in [1.807, 2.05) is 0 Å². The Labute approximate surface area is 101 Å². The van der Waals surface area contributed by atoms with E-state index in [9.17, 15) is 13.6 Å². The van der Waals surface area contributed by atoms with Gasteiger partial charge in [0.05, 0.1) is 11.9 Å². The number of hydrogen-bond acceptors (Lipinski definition) is 3. The first kappa shape index (κ1) is 12.2. The van der Waals surface area contributed by atoms with Crippen LogP contribution >= 0.6 is 0 Å². The number of nitrogens with zero attached hydrogens (tertiary/aromatic N) is 3. The fraction of sp³-hybridized carbons (Fsp3) is 0.182. The third-order valence-electron chi connectivity index (χ3n) is 2.48. The molecule has 0 fully saturated rings. The number of aromatic nitrogens is 3. The molecule has 0 saturated heterocycles. The fourth-order valence-electron chi connectivity index (χ4n) is 1.50. The summed E-state index contributed by atoms with van der Waals surface area (Å²) < 4.78 is 26.0. The first-order valence-corrected chi connectivity index (χ1v) is 5.03. The maximum atomic E-state index is 12.4. The number of alkyl halides is 2. The molecule has 2 rings (SSSR count). The van der Waals surface area contributed by atoms with Gasteiger partial charge in [-0.2, -0.15) is 5.10 Å². The summed E-state index contributed by atoms with van der Waals surface area (Å²) in [5.74, 6) is -0.799. The first-order valence-electron chi connectivity index (χ1n) is 5.03. The van der Waals surface area contributed by atoms with Crippen molar-refractivity contribution in [1.82, 2.24) is 14.8 Å². The monoisotopic (exact) mass is 253 g/mol. The topological polar surface area (TPSA) is 68.0 Å². The second kappa shape index (κ2) is 4.52. The van der Waals surface area contributed by atoms with Crippen LogP contribution in [0.4, 0.5) is 8.78 Å². The molecular formula is C11H9F2N3O2. The van der Waals surface area contributed by atoms with Gasteiger partial charge >= 0.3 is 5.97 Å². The van der Waals surface area contributed by atoms with Gasteiger partial charge in [-0.15, -0.1) is 0 Å². The number of pyridine rings is 1. The normalized spacial score (nSPS) is 10.9. The Morgan fingerprint density at radius 2 is 2.11 bits per heavy atom. The molecule has 0 spiro atoms. The highest BCUT2D eigenvalue weighted by Gasteiger charge is 2.15. The summed E-state index contributed by atoms with van der Waals surface area (Å²) in [6.07, 6.45) is -0.345. The molecule has 2 aromatic rings. The number of carboxylic acids is 1. The largest absolute Gasteiger partial charge is 0.478 e. The first-order chi connectivity index (χ1) is 8.50. The molecular weight excluding hydrogens is 244 g/mol. The standard InChI is InChI=1S/C11H9F2N3O2/c1-6-8(11(17)18)5-15-16(6)9-3-2-7(4-14-9)10(12)13/h2-5,10H,1H3,(H,17,18). The summed E-state index contributed by atoms with van der Waals surface area (Å²) in [6.45, 7) is 1.57. The van der Waals surface area contributed by atoms with Crippen molar-refractivity contribution in [1.29, 1.82) is 0 Å². The number of aromatic carboxylic acids is 1. The molecule has 0 radical (unpaired) electrons. The third kappa shape index (κ3) is 2.06. The van der Waals surface area contributed by atoms with Gasteiger partial charge in [0.15, 0.2) is 5.82 Å². The van der Waals surface area contributed by atoms with Gasteiger partial charge in [-0.05, 0) is 19.1 Å². The van der Waals surface area contributed by atoms with E-state index < -0.39 is 12.4 Å². The second-order valence-corrected chi connectivity index (χ2v) is 3.61. The lowest BCUT2D eigenvalue weighted by Crippen LogP contribution is -2.04. The Kier molecular flexibility index (Phi) is 3.05. The molecule has 1 N–H and O–H groups in total. The van der Waals surface area contributed by atoms with E-state index in [0.717, 1.165) is 6.20 Å². The van der Waals surface area contributed by atoms with Crippen LogP contribution in [-0.2, 0) is 0 Å². The average Bonchev–Trinajstić information content (AvgIpc) is 2.71. The average molecular weight is 253 g/mol. The lowest BCUT2D eigenvalue weighted by molar-refractivity contribution is 0.0696. The highest BCUT2D eigenvalue weighted by atomic mass is 19.3. The predicted octanol–water partition coefficient (Wildman–Crippen LogP) is 2.21. The Hall–Kier alpha value is -2.31. The molecule has 0 aromatic carbocycles. The van der Waals surface area contributed by atoms with Crippen LogP contribution in [0.15, 0.2) is 24.5 Å². The molecule has 0 aliphatic rings. The quantitative estimate of drug-likeness (QED) is 0.910. The highest BCUT2D eigenvalue weighted by Crippen LogP contribution is 2.19. The summed E-state index contributed by atoms with van der Waals surface area (Å²) in [7, 11) is 0. The zero-order valence-corrected chi connectivity index (χ0v) is 9.34. The Balaban J connectivity index is 2.40. The summed E-state index contributed by atoms with van der Waals surface area (Å²) in [5, 5.41) is 12.7. The molecule has 0 saturated carbocycles. The highest BCUT2D eigenvalue weighted by molar-refractivity contribution is 5.88. The zero-order valence-electron chi connectivity index (χ0n) is 9.34. The fourth-order valence-corrected chi connectivity index (χ4v) is 1.50. The van der Waals surface area contributed by atoms with E-state index in [0.29, 0.717) is 11.5 Å². The van der Waals surface area contributed by atoms with Gasteiger partial charge in [0.25, 0.3) is 6.43 Å². The van der Waals surface area contributed by atoms with Crippen LogP contribution in [0.25, 0.3) is 5.82 Å². The maximum absolute atomic E-state index is 12.4. The van der Waals surface area contributed by atoms with Crippen LogP contribution in [0.1, 0.15) is 28.0 Å². The van der Waals surface area contributed by atoms with Crippen LogP contribution in [0.2, 0.25) is 0 Å². The van der Waals surface area contributed by atoms with Crippen molar-refractivity contribution < 1.29 is 18.7 Å². The Morgan fingerprint density at radius 1 is 1.39 bits per heavy atom. The van der Waals surface area contributed by atoms with Crippen molar-refractivity contribution in [3.63, 3.8) is 0 Å². The molecule has 0 unspecified atom stereocenters. The van der Waals surface area contributed by atoms with Gasteiger partial charge in [-0.3, -0.25) is 0 Å². The molecule has 18 heavy (non-hydrogen) atoms. The molecule has 7 heteroatoms. The van der Waals surface area contributed by atoms with E-state index in [4.69, 9.17) is 5.11 Å². The van der Waals surface area contributed by atoms with Crippen LogP contribution < -0.4 is 0 Å². The van der Waals surface area contributed by atoms with E-state index in [1.165, 1.54) is 23.0 Å². The minimum Gasteiger partial charge on any atom is -0.478 e. The number of carboxylic acid groups (broad SMARTS) is 1. The lowest BCUT2D eigenvalue weighted by atomic mass is 10.2. The smallest absolute Gasteiger partial charge is 0.339 e. The summed E-state index contributed by atoms with van der Waals surface area (Å²) in [6, 6.07) is 2.60. The molecule has 0 amide bonds. The van der Waals surface area contributed by atoms with Crippen molar-refractivity contribution in [2.45, 2.75) is 13.3 Å². The van der Waals surface area contributed by atoms with Crippen molar-refractivity contribution in [2.24, 2.45) is 0 Å². The second-order valence-electron chi connectivity index (χ2n) is 3.61. The Bertz CT molecular complexity index is 578. The molecule has 5 nitrogen and oxygen atoms in total. The number of halogens is 2. The number of carbonyl (C=O) groups is 1. The molecule has 0 atom stereocenters.